The van der Waals surface area contributed by atoms with Gasteiger partial charge in [-0.2, -0.15) is 0 Å². The van der Waals surface area contributed by atoms with Crippen LogP contribution in [0.5, 0.6) is 0 Å². The van der Waals surface area contributed by atoms with Gasteiger partial charge in [-0.05, 0) is 66.5 Å². The van der Waals surface area contributed by atoms with E-state index in [0.717, 1.165) is 50.5 Å². The van der Waals surface area contributed by atoms with Crippen molar-refractivity contribution in [2.24, 2.45) is 0 Å². The molecule has 0 saturated heterocycles. The molecule has 0 radical (unpaired) electrons. The van der Waals surface area contributed by atoms with Crippen LogP contribution in [0.2, 0.25) is 0 Å². The second-order valence-electron chi connectivity index (χ2n) is 8.82. The Morgan fingerprint density at radius 1 is 1.00 bits per heavy atom. The highest BCUT2D eigenvalue weighted by Gasteiger charge is 2.27. The molecule has 0 atom stereocenters. The molecule has 5 nitrogen and oxygen atoms in total. The minimum absolute atomic E-state index is 0.0412. The molecule has 1 aliphatic carbocycles. The quantitative estimate of drug-likeness (QED) is 0.610. The summed E-state index contributed by atoms with van der Waals surface area (Å²) in [5, 5.41) is 18.6. The molecule has 2 aliphatic rings. The maximum absolute atomic E-state index is 13.0. The molecule has 1 heterocycles. The smallest absolute Gasteiger partial charge is 0.190 e. The lowest BCUT2D eigenvalue weighted by Gasteiger charge is -2.26. The van der Waals surface area contributed by atoms with Crippen molar-refractivity contribution in [3.8, 4) is 0 Å². The fourth-order valence-corrected chi connectivity index (χ4v) is 4.55. The first-order chi connectivity index (χ1) is 16.4. The number of rotatable bonds is 7. The Labute approximate surface area is 201 Å². The number of nitrogens with zero attached hydrogens (tertiary/aromatic N) is 2. The van der Waals surface area contributed by atoms with Gasteiger partial charge in [-0.25, -0.2) is 0 Å². The molecule has 34 heavy (non-hydrogen) atoms. The summed E-state index contributed by atoms with van der Waals surface area (Å²) in [5.41, 5.74) is 9.04. The van der Waals surface area contributed by atoms with Gasteiger partial charge in [-0.3, -0.25) is 4.79 Å². The van der Waals surface area contributed by atoms with E-state index in [1.165, 1.54) is 0 Å². The van der Waals surface area contributed by atoms with Crippen molar-refractivity contribution in [1.82, 2.24) is 4.90 Å². The third kappa shape index (κ3) is 4.76. The van der Waals surface area contributed by atoms with E-state index in [1.807, 2.05) is 42.3 Å². The molecule has 176 valence electrons. The number of aliphatic hydroxyl groups excluding tert-OH is 2. The highest BCUT2D eigenvalue weighted by molar-refractivity contribution is 6.14. The number of fused-ring (bicyclic) bond motifs is 1. The molecule has 0 unspecified atom stereocenters. The standard InChI is InChI=1S/C29H32N2O3/c1-20-16-26(31(12-14-32)13-15-33)11-9-22(20)8-10-25-18-24(17-21(2)30(25)3)28-19-23-6-4-5-7-27(23)29(28)34/h4-11,16-18,32-33H,12-15,19H2,1-3H3/b10-8?,28-24+. The number of carbonyl (C=O) groups excluding carboxylic acids is 1. The second kappa shape index (κ2) is 10.2. The highest BCUT2D eigenvalue weighted by Crippen LogP contribution is 2.33. The van der Waals surface area contributed by atoms with Gasteiger partial charge in [-0.15, -0.1) is 0 Å². The van der Waals surface area contributed by atoms with Crippen molar-refractivity contribution in [3.05, 3.63) is 105 Å². The summed E-state index contributed by atoms with van der Waals surface area (Å²) in [7, 11) is 2.03. The molecule has 0 bridgehead atoms. The zero-order chi connectivity index (χ0) is 24.2. The topological polar surface area (TPSA) is 64.0 Å². The van der Waals surface area contributed by atoms with Gasteiger partial charge >= 0.3 is 0 Å². The lowest BCUT2D eigenvalue weighted by atomic mass is 9.98. The first kappa shape index (κ1) is 23.7. The van der Waals surface area contributed by atoms with E-state index < -0.39 is 0 Å². The van der Waals surface area contributed by atoms with E-state index in [0.29, 0.717) is 19.5 Å². The fraction of sp³-hybridized carbons (Fsp3) is 0.276. The number of hydrogen-bond acceptors (Lipinski definition) is 5. The number of hydrogen-bond donors (Lipinski definition) is 2. The number of aryl methyl sites for hydroxylation is 1. The number of allylic oxidation sites excluding steroid dienone is 6. The molecule has 0 fully saturated rings. The maximum atomic E-state index is 13.0. The van der Waals surface area contributed by atoms with Crippen molar-refractivity contribution in [1.29, 1.82) is 0 Å². The Bertz CT molecular complexity index is 1210. The summed E-state index contributed by atoms with van der Waals surface area (Å²) in [6.07, 6.45) is 9.04. The van der Waals surface area contributed by atoms with Gasteiger partial charge in [0.25, 0.3) is 0 Å². The van der Waals surface area contributed by atoms with E-state index in [9.17, 15) is 15.0 Å². The minimum Gasteiger partial charge on any atom is -0.395 e. The molecule has 1 aliphatic heterocycles. The third-order valence-corrected chi connectivity index (χ3v) is 6.63. The van der Waals surface area contributed by atoms with Crippen molar-refractivity contribution in [2.45, 2.75) is 20.3 Å². The molecule has 5 heteroatoms. The van der Waals surface area contributed by atoms with E-state index in [2.05, 4.69) is 55.2 Å². The van der Waals surface area contributed by atoms with E-state index in [1.54, 1.807) is 0 Å². The van der Waals surface area contributed by atoms with Gasteiger partial charge in [0.1, 0.15) is 0 Å². The van der Waals surface area contributed by atoms with Gasteiger partial charge in [0.15, 0.2) is 5.78 Å². The third-order valence-electron chi connectivity index (χ3n) is 6.63. The Morgan fingerprint density at radius 3 is 2.41 bits per heavy atom. The predicted octanol–water partition coefficient (Wildman–Crippen LogP) is 4.27. The van der Waals surface area contributed by atoms with Crippen LogP contribution in [-0.2, 0) is 6.42 Å². The first-order valence-electron chi connectivity index (χ1n) is 11.7. The average Bonchev–Trinajstić information content (AvgIpc) is 3.17. The van der Waals surface area contributed by atoms with Gasteiger partial charge in [0.05, 0.1) is 13.2 Å². The Hall–Kier alpha value is -3.41. The molecule has 0 aromatic heterocycles. The maximum Gasteiger partial charge on any atom is 0.190 e. The molecule has 0 amide bonds. The highest BCUT2D eigenvalue weighted by atomic mass is 16.3. The summed E-state index contributed by atoms with van der Waals surface area (Å²) in [6.45, 7) is 5.17. The van der Waals surface area contributed by atoms with Crippen LogP contribution in [0.15, 0.2) is 83.2 Å². The number of aliphatic hydroxyl groups is 2. The summed E-state index contributed by atoms with van der Waals surface area (Å²) in [5.74, 6) is 0.125. The van der Waals surface area contributed by atoms with Gasteiger partial charge in [0, 0.05) is 54.8 Å². The van der Waals surface area contributed by atoms with E-state index in [4.69, 9.17) is 0 Å². The number of ketones is 1. The summed E-state index contributed by atoms with van der Waals surface area (Å²) in [4.78, 5) is 17.1. The predicted molar refractivity (Wildman–Crippen MR) is 138 cm³/mol. The molecule has 2 aromatic carbocycles. The van der Waals surface area contributed by atoms with E-state index in [-0.39, 0.29) is 19.0 Å². The fourth-order valence-electron chi connectivity index (χ4n) is 4.55. The number of benzene rings is 2. The lowest BCUT2D eigenvalue weighted by Crippen LogP contribution is -2.29. The van der Waals surface area contributed by atoms with Crippen LogP contribution in [0.25, 0.3) is 6.08 Å². The minimum atomic E-state index is 0.0412. The normalized spacial score (nSPS) is 17.8. The second-order valence-corrected chi connectivity index (χ2v) is 8.82. The Balaban J connectivity index is 1.61. The molecule has 4 rings (SSSR count). The van der Waals surface area contributed by atoms with Crippen molar-refractivity contribution < 1.29 is 15.0 Å². The van der Waals surface area contributed by atoms with Crippen LogP contribution in [0.4, 0.5) is 5.69 Å². The van der Waals surface area contributed by atoms with Crippen molar-refractivity contribution in [2.75, 3.05) is 38.3 Å². The van der Waals surface area contributed by atoms with Crippen molar-refractivity contribution >= 4 is 17.5 Å². The molecule has 0 spiro atoms. The molecular weight excluding hydrogens is 424 g/mol. The summed E-state index contributed by atoms with van der Waals surface area (Å²) < 4.78 is 0. The molecular formula is C29H32N2O3. The van der Waals surface area contributed by atoms with Gasteiger partial charge in [0.2, 0.25) is 0 Å². The first-order valence-corrected chi connectivity index (χ1v) is 11.7. The molecule has 2 N–H and O–H groups in total. The van der Waals surface area contributed by atoms with Crippen molar-refractivity contribution in [3.63, 3.8) is 0 Å². The number of likely N-dealkylation sites (N-methyl/N-ethyl adjacent to an activating group) is 1. The Morgan fingerprint density at radius 2 is 1.74 bits per heavy atom. The summed E-state index contributed by atoms with van der Waals surface area (Å²) >= 11 is 0. The lowest BCUT2D eigenvalue weighted by molar-refractivity contribution is 0.103. The van der Waals surface area contributed by atoms with Gasteiger partial charge < -0.3 is 20.0 Å². The molecule has 0 saturated carbocycles. The van der Waals surface area contributed by atoms with Crippen LogP contribution in [-0.4, -0.2) is 54.2 Å². The SMILES string of the molecule is CC1=C/C(=C2/Cc3ccccc3C2=O)C=C(C=Cc2ccc(N(CCO)CCO)cc2C)N1C. The Kier molecular flexibility index (Phi) is 7.15. The number of carbonyl (C=O) groups is 1. The van der Waals surface area contributed by atoms with Crippen LogP contribution < -0.4 is 4.90 Å². The van der Waals surface area contributed by atoms with Crippen LogP contribution >= 0.6 is 0 Å². The number of anilines is 1. The average molecular weight is 457 g/mol. The zero-order valence-electron chi connectivity index (χ0n) is 20.1. The van der Waals surface area contributed by atoms with Crippen LogP contribution in [0.3, 0.4) is 0 Å². The molecule has 2 aromatic rings. The zero-order valence-corrected chi connectivity index (χ0v) is 20.1. The van der Waals surface area contributed by atoms with E-state index >= 15 is 0 Å². The number of Topliss-reactive ketones (excluding diaryl/α,β-unsaturated/α-hetero) is 1. The van der Waals surface area contributed by atoms with Gasteiger partial charge in [-0.1, -0.05) is 36.4 Å². The van der Waals surface area contributed by atoms with Crippen LogP contribution in [0, 0.1) is 6.92 Å². The largest absolute Gasteiger partial charge is 0.395 e. The monoisotopic (exact) mass is 456 g/mol. The summed E-state index contributed by atoms with van der Waals surface area (Å²) in [6, 6.07) is 14.0. The van der Waals surface area contributed by atoms with Crippen LogP contribution in [0.1, 0.15) is 34.0 Å².